The zero-order chi connectivity index (χ0) is 25.2. The zero-order valence-corrected chi connectivity index (χ0v) is 17.3. The average molecular weight is 481 g/mol. The Morgan fingerprint density at radius 2 is 1.71 bits per heavy atom. The third-order valence-corrected chi connectivity index (χ3v) is 4.40. The number of hydrogen-bond acceptors (Lipinski definition) is 9. The van der Waals surface area contributed by atoms with Crippen molar-refractivity contribution in [3.63, 3.8) is 0 Å². The Morgan fingerprint density at radius 3 is 2.24 bits per heavy atom. The van der Waals surface area contributed by atoms with Gasteiger partial charge in [0.15, 0.2) is 5.69 Å². The van der Waals surface area contributed by atoms with Gasteiger partial charge in [-0.25, -0.2) is 14.3 Å². The number of nitro groups is 1. The monoisotopic (exact) mass is 481 g/mol. The molecule has 2 aromatic carbocycles. The number of nitrogens with zero attached hydrogens (tertiary/aromatic N) is 3. The van der Waals surface area contributed by atoms with Crippen LogP contribution in [0, 0.1) is 10.1 Å². The van der Waals surface area contributed by atoms with Gasteiger partial charge in [0.1, 0.15) is 17.0 Å². The van der Waals surface area contributed by atoms with E-state index in [0.717, 1.165) is 18.9 Å². The summed E-state index contributed by atoms with van der Waals surface area (Å²) in [5.41, 5.74) is -3.36. The number of carbonyl (C=O) groups excluding carboxylic acids is 2. The molecule has 178 valence electrons. The summed E-state index contributed by atoms with van der Waals surface area (Å²) in [6, 6.07) is 8.66. The molecule has 0 unspecified atom stereocenters. The quantitative estimate of drug-likeness (QED) is 0.317. The van der Waals surface area contributed by atoms with Crippen LogP contribution >= 0.6 is 0 Å². The first-order chi connectivity index (χ1) is 16.0. The van der Waals surface area contributed by atoms with Crippen molar-refractivity contribution in [2.24, 2.45) is 0 Å². The lowest BCUT2D eigenvalue weighted by Gasteiger charge is -2.11. The van der Waals surface area contributed by atoms with E-state index in [2.05, 4.69) is 14.6 Å². The number of ether oxygens (including phenoxy) is 3. The van der Waals surface area contributed by atoms with Gasteiger partial charge in [0.25, 0.3) is 0 Å². The molecular weight excluding hydrogens is 467 g/mol. The molecule has 1 heterocycles. The molecule has 0 amide bonds. The molecule has 11 nitrogen and oxygen atoms in total. The molecule has 0 aliphatic carbocycles. The Balaban J connectivity index is 2.44. The maximum atomic E-state index is 12.8. The maximum Gasteiger partial charge on any atom is 0.573 e. The van der Waals surface area contributed by atoms with E-state index in [0.29, 0.717) is 12.1 Å². The Labute approximate surface area is 188 Å². The largest absolute Gasteiger partial charge is 0.573 e. The minimum atomic E-state index is -5.23. The number of methoxy groups -OCH3 is 2. The van der Waals surface area contributed by atoms with Gasteiger partial charge in [0, 0.05) is 0 Å². The molecule has 0 saturated carbocycles. The SMILES string of the molecule is COC(=O)c1c(-c2cc(OC(F)(F)F)cc([N+](=O)[O-])c2O)nn(-c2ccccc2)c1C(=O)OC. The summed E-state index contributed by atoms with van der Waals surface area (Å²) in [4.78, 5) is 35.4. The number of benzene rings is 2. The highest BCUT2D eigenvalue weighted by atomic mass is 19.4. The molecule has 0 spiro atoms. The molecule has 0 atom stereocenters. The number of aromatic nitrogens is 2. The number of hydrogen-bond donors (Lipinski definition) is 1. The summed E-state index contributed by atoms with van der Waals surface area (Å²) in [6.07, 6.45) is -5.23. The lowest BCUT2D eigenvalue weighted by Crippen LogP contribution is -2.17. The van der Waals surface area contributed by atoms with Gasteiger partial charge >= 0.3 is 24.0 Å². The molecule has 14 heteroatoms. The fourth-order valence-corrected chi connectivity index (χ4v) is 3.05. The predicted molar refractivity (Wildman–Crippen MR) is 107 cm³/mol. The van der Waals surface area contributed by atoms with Crippen molar-refractivity contribution < 1.29 is 47.0 Å². The first kappa shape index (κ1) is 24.0. The van der Waals surface area contributed by atoms with Crippen molar-refractivity contribution in [2.45, 2.75) is 6.36 Å². The van der Waals surface area contributed by atoms with E-state index in [1.54, 1.807) is 18.2 Å². The number of phenolic OH excluding ortho intramolecular Hbond substituents is 1. The lowest BCUT2D eigenvalue weighted by atomic mass is 10.0. The van der Waals surface area contributed by atoms with Gasteiger partial charge in [-0.15, -0.1) is 13.2 Å². The van der Waals surface area contributed by atoms with Crippen molar-refractivity contribution in [1.82, 2.24) is 9.78 Å². The van der Waals surface area contributed by atoms with Crippen LogP contribution in [0.15, 0.2) is 42.5 Å². The van der Waals surface area contributed by atoms with Crippen LogP contribution in [-0.4, -0.2) is 52.3 Å². The van der Waals surface area contributed by atoms with Crippen molar-refractivity contribution in [2.75, 3.05) is 14.2 Å². The summed E-state index contributed by atoms with van der Waals surface area (Å²) >= 11 is 0. The van der Waals surface area contributed by atoms with Crippen LogP contribution in [-0.2, 0) is 9.47 Å². The van der Waals surface area contributed by atoms with E-state index in [1.165, 1.54) is 12.1 Å². The van der Waals surface area contributed by atoms with Crippen LogP contribution in [0.5, 0.6) is 11.5 Å². The molecule has 0 aliphatic heterocycles. The maximum absolute atomic E-state index is 12.8. The minimum absolute atomic E-state index is 0.219. The molecule has 0 aliphatic rings. The summed E-state index contributed by atoms with van der Waals surface area (Å²) < 4.78 is 52.5. The highest BCUT2D eigenvalue weighted by Gasteiger charge is 2.36. The molecular formula is C20H14F3N3O8. The van der Waals surface area contributed by atoms with Crippen LogP contribution in [0.1, 0.15) is 20.8 Å². The Kier molecular flexibility index (Phi) is 6.42. The lowest BCUT2D eigenvalue weighted by molar-refractivity contribution is -0.386. The molecule has 1 N–H and O–H groups in total. The van der Waals surface area contributed by atoms with Gasteiger partial charge in [0.05, 0.1) is 36.5 Å². The van der Waals surface area contributed by atoms with Crippen LogP contribution in [0.2, 0.25) is 0 Å². The first-order valence-electron chi connectivity index (χ1n) is 9.11. The van der Waals surface area contributed by atoms with E-state index in [4.69, 9.17) is 4.74 Å². The number of carbonyl (C=O) groups is 2. The number of alkyl halides is 3. The van der Waals surface area contributed by atoms with Crippen LogP contribution in [0.4, 0.5) is 18.9 Å². The van der Waals surface area contributed by atoms with Crippen molar-refractivity contribution >= 4 is 17.6 Å². The highest BCUT2D eigenvalue weighted by molar-refractivity contribution is 6.07. The fraction of sp³-hybridized carbons (Fsp3) is 0.150. The Bertz CT molecular complexity index is 1270. The Morgan fingerprint density at radius 1 is 1.09 bits per heavy atom. The van der Waals surface area contributed by atoms with Gasteiger partial charge in [-0.05, 0) is 18.2 Å². The van der Waals surface area contributed by atoms with Crippen molar-refractivity contribution in [1.29, 1.82) is 0 Å². The fourth-order valence-electron chi connectivity index (χ4n) is 3.05. The van der Waals surface area contributed by atoms with E-state index >= 15 is 0 Å². The molecule has 0 bridgehead atoms. The second kappa shape index (κ2) is 9.09. The van der Waals surface area contributed by atoms with Crippen LogP contribution < -0.4 is 4.74 Å². The number of esters is 2. The minimum Gasteiger partial charge on any atom is -0.502 e. The highest BCUT2D eigenvalue weighted by Crippen LogP contribution is 2.43. The Hall–Kier alpha value is -4.62. The van der Waals surface area contributed by atoms with Crippen LogP contribution in [0.25, 0.3) is 16.9 Å². The van der Waals surface area contributed by atoms with E-state index in [1.807, 2.05) is 0 Å². The van der Waals surface area contributed by atoms with E-state index in [-0.39, 0.29) is 5.69 Å². The number of phenols is 1. The summed E-state index contributed by atoms with van der Waals surface area (Å²) in [5.74, 6) is -4.46. The van der Waals surface area contributed by atoms with Gasteiger partial charge in [0.2, 0.25) is 5.75 Å². The standard InChI is InChI=1S/C20H14F3N3O8/c1-32-18(28)14-15(24-25(16(14)19(29)33-2)10-6-4-3-5-7-10)12-8-11(34-20(21,22)23)9-13(17(12)27)26(30)31/h3-9,27H,1-2H3. The molecule has 0 radical (unpaired) electrons. The normalized spacial score (nSPS) is 11.1. The van der Waals surface area contributed by atoms with E-state index < -0.39 is 62.9 Å². The van der Waals surface area contributed by atoms with Gasteiger partial charge in [-0.1, -0.05) is 18.2 Å². The number of para-hydroxylation sites is 1. The number of aromatic hydroxyl groups is 1. The summed E-state index contributed by atoms with van der Waals surface area (Å²) in [5, 5.41) is 25.9. The third-order valence-electron chi connectivity index (χ3n) is 4.40. The first-order valence-corrected chi connectivity index (χ1v) is 9.11. The zero-order valence-electron chi connectivity index (χ0n) is 17.3. The molecule has 3 aromatic rings. The number of nitro benzene ring substituents is 1. The second-order valence-electron chi connectivity index (χ2n) is 6.45. The predicted octanol–water partition coefficient (Wildman–Crippen LogP) is 3.62. The summed E-state index contributed by atoms with van der Waals surface area (Å²) in [7, 11) is 1.96. The molecule has 1 aromatic heterocycles. The van der Waals surface area contributed by atoms with Gasteiger partial charge in [-0.3, -0.25) is 10.1 Å². The topological polar surface area (TPSA) is 143 Å². The van der Waals surface area contributed by atoms with Gasteiger partial charge in [-0.2, -0.15) is 5.10 Å². The number of rotatable bonds is 6. The average Bonchev–Trinajstić information content (AvgIpc) is 3.19. The van der Waals surface area contributed by atoms with Crippen LogP contribution in [0.3, 0.4) is 0 Å². The van der Waals surface area contributed by atoms with Gasteiger partial charge < -0.3 is 19.3 Å². The molecule has 0 saturated heterocycles. The molecule has 34 heavy (non-hydrogen) atoms. The number of halogens is 3. The third kappa shape index (κ3) is 4.60. The van der Waals surface area contributed by atoms with Crippen molar-refractivity contribution in [3.8, 4) is 28.4 Å². The van der Waals surface area contributed by atoms with Crippen molar-refractivity contribution in [3.05, 3.63) is 63.8 Å². The molecule has 3 rings (SSSR count). The molecule has 0 fully saturated rings. The second-order valence-corrected chi connectivity index (χ2v) is 6.45. The van der Waals surface area contributed by atoms with E-state index in [9.17, 15) is 38.0 Å². The smallest absolute Gasteiger partial charge is 0.502 e. The summed E-state index contributed by atoms with van der Waals surface area (Å²) in [6.45, 7) is 0.